The van der Waals surface area contributed by atoms with E-state index in [0.29, 0.717) is 18.0 Å². The number of rotatable bonds is 3. The number of nitrogens with one attached hydrogen (secondary N) is 1. The Kier molecular flexibility index (Phi) is 4.10. The van der Waals surface area contributed by atoms with Crippen molar-refractivity contribution in [3.05, 3.63) is 35.6 Å². The van der Waals surface area contributed by atoms with Gasteiger partial charge in [0.1, 0.15) is 5.82 Å². The van der Waals surface area contributed by atoms with Crippen molar-refractivity contribution in [1.29, 1.82) is 0 Å². The van der Waals surface area contributed by atoms with E-state index in [9.17, 15) is 4.39 Å². The lowest BCUT2D eigenvalue weighted by atomic mass is 9.88. The first kappa shape index (κ1) is 12.9. The molecule has 1 atom stereocenters. The van der Waals surface area contributed by atoms with Gasteiger partial charge in [-0.25, -0.2) is 4.39 Å². The van der Waals surface area contributed by atoms with Crippen LogP contribution in [0.4, 0.5) is 4.39 Å². The van der Waals surface area contributed by atoms with Gasteiger partial charge < -0.3 is 5.32 Å². The monoisotopic (exact) mass is 253 g/mol. The molecule has 1 aromatic carbocycles. The summed E-state index contributed by atoms with van der Waals surface area (Å²) in [5.41, 5.74) is 1.16. The van der Waals surface area contributed by atoms with Gasteiger partial charge in [-0.3, -0.25) is 0 Å². The van der Waals surface area contributed by atoms with E-state index in [2.05, 4.69) is 19.2 Å². The maximum absolute atomic E-state index is 13.5. The summed E-state index contributed by atoms with van der Waals surface area (Å²) in [7, 11) is 0. The molecule has 94 valence electrons. The standard InChI is InChI=1S/C14H20FNS/c1-14(2)7-12(9-17-10-14)16-8-11-5-3-4-6-13(11)15/h3-6,12,16H,7-10H2,1-2H3. The van der Waals surface area contributed by atoms with E-state index in [1.165, 1.54) is 18.2 Å². The minimum absolute atomic E-state index is 0.109. The molecule has 17 heavy (non-hydrogen) atoms. The SMILES string of the molecule is CC1(C)CSCC(NCc2ccccc2F)C1. The summed E-state index contributed by atoms with van der Waals surface area (Å²) in [6, 6.07) is 7.50. The maximum atomic E-state index is 13.5. The summed E-state index contributed by atoms with van der Waals surface area (Å²) in [6.45, 7) is 5.24. The quantitative estimate of drug-likeness (QED) is 0.885. The second-order valence-electron chi connectivity index (χ2n) is 5.55. The molecule has 0 bridgehead atoms. The molecule has 1 fully saturated rings. The molecular weight excluding hydrogens is 233 g/mol. The van der Waals surface area contributed by atoms with Crippen molar-refractivity contribution in [2.45, 2.75) is 32.9 Å². The Morgan fingerprint density at radius 3 is 2.88 bits per heavy atom. The number of thioether (sulfide) groups is 1. The molecule has 1 heterocycles. The van der Waals surface area contributed by atoms with Crippen LogP contribution >= 0.6 is 11.8 Å². The van der Waals surface area contributed by atoms with Gasteiger partial charge in [0, 0.05) is 23.9 Å². The third-order valence-electron chi connectivity index (χ3n) is 3.15. The lowest BCUT2D eigenvalue weighted by Crippen LogP contribution is -2.40. The van der Waals surface area contributed by atoms with E-state index in [-0.39, 0.29) is 5.82 Å². The summed E-state index contributed by atoms with van der Waals surface area (Å²) in [4.78, 5) is 0. The molecule has 0 radical (unpaired) electrons. The van der Waals surface area contributed by atoms with Crippen molar-refractivity contribution >= 4 is 11.8 Å². The average Bonchev–Trinajstić information content (AvgIpc) is 2.27. The summed E-state index contributed by atoms with van der Waals surface area (Å²) < 4.78 is 13.5. The number of benzene rings is 1. The molecule has 2 rings (SSSR count). The van der Waals surface area contributed by atoms with Crippen molar-refractivity contribution in [1.82, 2.24) is 5.32 Å². The van der Waals surface area contributed by atoms with Gasteiger partial charge in [0.15, 0.2) is 0 Å². The molecule has 1 aliphatic rings. The van der Waals surface area contributed by atoms with Crippen LogP contribution in [0.1, 0.15) is 25.8 Å². The molecule has 1 aliphatic heterocycles. The molecule has 1 nitrogen and oxygen atoms in total. The van der Waals surface area contributed by atoms with Crippen LogP contribution < -0.4 is 5.32 Å². The fourth-order valence-electron chi connectivity index (χ4n) is 2.29. The molecule has 0 aliphatic carbocycles. The number of hydrogen-bond donors (Lipinski definition) is 1. The summed E-state index contributed by atoms with van der Waals surface area (Å²) in [5, 5.41) is 3.47. The highest BCUT2D eigenvalue weighted by Gasteiger charge is 2.28. The largest absolute Gasteiger partial charge is 0.309 e. The van der Waals surface area contributed by atoms with Gasteiger partial charge in [-0.1, -0.05) is 32.0 Å². The topological polar surface area (TPSA) is 12.0 Å². The Morgan fingerprint density at radius 2 is 2.18 bits per heavy atom. The van der Waals surface area contributed by atoms with Gasteiger partial charge in [0.25, 0.3) is 0 Å². The molecule has 0 spiro atoms. The summed E-state index contributed by atoms with van der Waals surface area (Å²) in [6.07, 6.45) is 1.18. The Bertz CT molecular complexity index is 378. The van der Waals surface area contributed by atoms with E-state index < -0.39 is 0 Å². The Labute approximate surface area is 107 Å². The first-order valence-electron chi connectivity index (χ1n) is 6.11. The highest BCUT2D eigenvalue weighted by atomic mass is 32.2. The minimum atomic E-state index is -0.109. The van der Waals surface area contributed by atoms with Crippen LogP contribution in [0.25, 0.3) is 0 Å². The smallest absolute Gasteiger partial charge is 0.127 e. The Balaban J connectivity index is 1.88. The maximum Gasteiger partial charge on any atom is 0.127 e. The lowest BCUT2D eigenvalue weighted by Gasteiger charge is -2.35. The van der Waals surface area contributed by atoms with Crippen molar-refractivity contribution in [3.8, 4) is 0 Å². The van der Waals surface area contributed by atoms with Crippen molar-refractivity contribution in [2.24, 2.45) is 5.41 Å². The predicted octanol–water partition coefficient (Wildman–Crippen LogP) is 3.45. The number of halogens is 1. The summed E-state index contributed by atoms with van der Waals surface area (Å²) >= 11 is 1.99. The van der Waals surface area contributed by atoms with Gasteiger partial charge >= 0.3 is 0 Å². The molecule has 1 saturated heterocycles. The van der Waals surface area contributed by atoms with Gasteiger partial charge in [-0.2, -0.15) is 11.8 Å². The predicted molar refractivity (Wildman–Crippen MR) is 72.8 cm³/mol. The Hall–Kier alpha value is -0.540. The van der Waals surface area contributed by atoms with E-state index in [0.717, 1.165) is 11.3 Å². The zero-order valence-electron chi connectivity index (χ0n) is 10.5. The molecule has 0 saturated carbocycles. The van der Waals surface area contributed by atoms with Gasteiger partial charge in [0.2, 0.25) is 0 Å². The second-order valence-corrected chi connectivity index (χ2v) is 6.58. The van der Waals surface area contributed by atoms with Crippen LogP contribution in [0, 0.1) is 11.2 Å². The average molecular weight is 253 g/mol. The third kappa shape index (κ3) is 3.71. The van der Waals surface area contributed by atoms with Crippen LogP contribution in [0.2, 0.25) is 0 Å². The van der Waals surface area contributed by atoms with E-state index in [1.807, 2.05) is 23.9 Å². The zero-order valence-corrected chi connectivity index (χ0v) is 11.3. The Morgan fingerprint density at radius 1 is 1.41 bits per heavy atom. The fourth-order valence-corrected chi connectivity index (χ4v) is 3.60. The second kappa shape index (κ2) is 5.40. The first-order chi connectivity index (χ1) is 8.07. The van der Waals surface area contributed by atoms with E-state index >= 15 is 0 Å². The van der Waals surface area contributed by atoms with Gasteiger partial charge in [-0.05, 0) is 23.7 Å². The highest BCUT2D eigenvalue weighted by Crippen LogP contribution is 2.33. The zero-order chi connectivity index (χ0) is 12.3. The van der Waals surface area contributed by atoms with Gasteiger partial charge in [-0.15, -0.1) is 0 Å². The van der Waals surface area contributed by atoms with Crippen molar-refractivity contribution in [3.63, 3.8) is 0 Å². The molecule has 3 heteroatoms. The molecular formula is C14H20FNS. The summed E-state index contributed by atoms with van der Waals surface area (Å²) in [5.74, 6) is 2.26. The fraction of sp³-hybridized carbons (Fsp3) is 0.571. The third-order valence-corrected chi connectivity index (χ3v) is 4.77. The van der Waals surface area contributed by atoms with E-state index in [1.54, 1.807) is 6.07 Å². The van der Waals surface area contributed by atoms with Crippen LogP contribution in [-0.2, 0) is 6.54 Å². The van der Waals surface area contributed by atoms with Crippen molar-refractivity contribution in [2.75, 3.05) is 11.5 Å². The van der Waals surface area contributed by atoms with Crippen molar-refractivity contribution < 1.29 is 4.39 Å². The molecule has 1 aromatic rings. The van der Waals surface area contributed by atoms with Crippen LogP contribution in [-0.4, -0.2) is 17.5 Å². The normalized spacial score (nSPS) is 23.6. The van der Waals surface area contributed by atoms with Crippen LogP contribution in [0.5, 0.6) is 0 Å². The lowest BCUT2D eigenvalue weighted by molar-refractivity contribution is 0.316. The van der Waals surface area contributed by atoms with Gasteiger partial charge in [0.05, 0.1) is 0 Å². The molecule has 1 N–H and O–H groups in total. The number of hydrogen-bond acceptors (Lipinski definition) is 2. The van der Waals surface area contributed by atoms with Crippen LogP contribution in [0.15, 0.2) is 24.3 Å². The minimum Gasteiger partial charge on any atom is -0.309 e. The highest BCUT2D eigenvalue weighted by molar-refractivity contribution is 7.99. The van der Waals surface area contributed by atoms with Crippen LogP contribution in [0.3, 0.4) is 0 Å². The molecule has 0 amide bonds. The van der Waals surface area contributed by atoms with E-state index in [4.69, 9.17) is 0 Å². The first-order valence-corrected chi connectivity index (χ1v) is 7.27. The molecule has 0 aromatic heterocycles. The molecule has 1 unspecified atom stereocenters.